The highest BCUT2D eigenvalue weighted by atomic mass is 16.5. The largest absolute Gasteiger partial charge is 0.497 e. The van der Waals surface area contributed by atoms with Crippen molar-refractivity contribution in [3.8, 4) is 22.9 Å². The molecule has 0 aliphatic heterocycles. The first kappa shape index (κ1) is 16.3. The van der Waals surface area contributed by atoms with Gasteiger partial charge in [-0.15, -0.1) is 5.10 Å². The van der Waals surface area contributed by atoms with Crippen LogP contribution >= 0.6 is 0 Å². The molecular formula is C16H18N4O3. The summed E-state index contributed by atoms with van der Waals surface area (Å²) in [6.07, 6.45) is 6.61. The lowest BCUT2D eigenvalue weighted by molar-refractivity contribution is -0.111. The zero-order valence-corrected chi connectivity index (χ0v) is 13.2. The number of H-pyrrole nitrogens is 1. The standard InChI is InChI=1S/C16H18N4O3/c1-4-5-6-7-14(21)17-16-18-15(19-20-16)12-9-8-11(22-2)10-13(12)23-3/h4-10H,1-3H3,(H2,17,18,19,20,21). The van der Waals surface area contributed by atoms with Crippen LogP contribution in [0.15, 0.2) is 42.5 Å². The summed E-state index contributed by atoms with van der Waals surface area (Å²) in [7, 11) is 3.14. The summed E-state index contributed by atoms with van der Waals surface area (Å²) in [5.41, 5.74) is 0.714. The van der Waals surface area contributed by atoms with Crippen LogP contribution in [-0.2, 0) is 4.79 Å². The van der Waals surface area contributed by atoms with Crippen LogP contribution in [0, 0.1) is 0 Å². The van der Waals surface area contributed by atoms with Gasteiger partial charge in [-0.1, -0.05) is 18.2 Å². The van der Waals surface area contributed by atoms with Crippen LogP contribution in [0.2, 0.25) is 0 Å². The molecule has 23 heavy (non-hydrogen) atoms. The van der Waals surface area contributed by atoms with Gasteiger partial charge in [0.25, 0.3) is 5.91 Å². The van der Waals surface area contributed by atoms with Gasteiger partial charge >= 0.3 is 0 Å². The van der Waals surface area contributed by atoms with Gasteiger partial charge in [0.15, 0.2) is 5.82 Å². The Morgan fingerprint density at radius 3 is 2.78 bits per heavy atom. The van der Waals surface area contributed by atoms with Crippen molar-refractivity contribution in [1.29, 1.82) is 0 Å². The summed E-state index contributed by atoms with van der Waals surface area (Å²) in [6.45, 7) is 1.87. The Labute approximate surface area is 134 Å². The molecule has 0 radical (unpaired) electrons. The van der Waals surface area contributed by atoms with Gasteiger partial charge in [-0.25, -0.2) is 0 Å². The van der Waals surface area contributed by atoms with Crippen LogP contribution in [-0.4, -0.2) is 35.3 Å². The van der Waals surface area contributed by atoms with Crippen molar-refractivity contribution in [2.24, 2.45) is 0 Å². The minimum atomic E-state index is -0.310. The van der Waals surface area contributed by atoms with E-state index in [1.54, 1.807) is 44.6 Å². The predicted octanol–water partition coefficient (Wildman–Crippen LogP) is 2.56. The highest BCUT2D eigenvalue weighted by molar-refractivity contribution is 5.98. The maximum Gasteiger partial charge on any atom is 0.250 e. The molecule has 0 saturated heterocycles. The number of rotatable bonds is 6. The van der Waals surface area contributed by atoms with Crippen molar-refractivity contribution in [2.75, 3.05) is 19.5 Å². The topological polar surface area (TPSA) is 89.1 Å². The minimum Gasteiger partial charge on any atom is -0.497 e. The van der Waals surface area contributed by atoms with E-state index in [0.29, 0.717) is 22.9 Å². The first-order valence-corrected chi connectivity index (χ1v) is 6.93. The first-order chi connectivity index (χ1) is 11.2. The normalized spacial score (nSPS) is 11.1. The second kappa shape index (κ2) is 7.79. The lowest BCUT2D eigenvalue weighted by Crippen LogP contribution is -2.08. The summed E-state index contributed by atoms with van der Waals surface area (Å²) in [5.74, 6) is 1.62. The first-order valence-electron chi connectivity index (χ1n) is 6.93. The van der Waals surface area contributed by atoms with E-state index in [-0.39, 0.29) is 11.9 Å². The molecule has 0 spiro atoms. The van der Waals surface area contributed by atoms with Gasteiger partial charge in [-0.05, 0) is 19.1 Å². The van der Waals surface area contributed by atoms with Crippen molar-refractivity contribution in [3.05, 3.63) is 42.5 Å². The van der Waals surface area contributed by atoms with Gasteiger partial charge in [-0.3, -0.25) is 15.2 Å². The molecule has 1 heterocycles. The fourth-order valence-corrected chi connectivity index (χ4v) is 1.84. The molecule has 2 rings (SSSR count). The molecule has 120 valence electrons. The number of benzene rings is 1. The third-order valence-corrected chi connectivity index (χ3v) is 2.94. The second-order valence-electron chi connectivity index (χ2n) is 4.45. The van der Waals surface area contributed by atoms with E-state index < -0.39 is 0 Å². The molecule has 0 aliphatic rings. The number of hydrogen-bond donors (Lipinski definition) is 2. The number of amides is 1. The number of nitrogens with zero attached hydrogens (tertiary/aromatic N) is 2. The molecule has 7 heteroatoms. The molecule has 0 bridgehead atoms. The summed E-state index contributed by atoms with van der Waals surface area (Å²) < 4.78 is 10.5. The SMILES string of the molecule is CC=CC=CC(=O)Nc1n[nH]c(-c2ccc(OC)cc2OC)n1. The van der Waals surface area contributed by atoms with Crippen LogP contribution in [0.1, 0.15) is 6.92 Å². The Hall–Kier alpha value is -3.09. The van der Waals surface area contributed by atoms with Crippen molar-refractivity contribution in [1.82, 2.24) is 15.2 Å². The van der Waals surface area contributed by atoms with Crippen molar-refractivity contribution < 1.29 is 14.3 Å². The highest BCUT2D eigenvalue weighted by Crippen LogP contribution is 2.31. The van der Waals surface area contributed by atoms with E-state index in [1.807, 2.05) is 13.0 Å². The Kier molecular flexibility index (Phi) is 5.51. The maximum atomic E-state index is 11.7. The van der Waals surface area contributed by atoms with Crippen molar-refractivity contribution >= 4 is 11.9 Å². The number of carbonyl (C=O) groups excluding carboxylic acids is 1. The van der Waals surface area contributed by atoms with Gasteiger partial charge in [-0.2, -0.15) is 4.98 Å². The van der Waals surface area contributed by atoms with E-state index >= 15 is 0 Å². The quantitative estimate of drug-likeness (QED) is 0.632. The molecule has 2 aromatic rings. The van der Waals surface area contributed by atoms with Crippen LogP contribution < -0.4 is 14.8 Å². The van der Waals surface area contributed by atoms with Crippen LogP contribution in [0.5, 0.6) is 11.5 Å². The van der Waals surface area contributed by atoms with Crippen LogP contribution in [0.25, 0.3) is 11.4 Å². The van der Waals surface area contributed by atoms with E-state index in [2.05, 4.69) is 20.5 Å². The second-order valence-corrected chi connectivity index (χ2v) is 4.45. The monoisotopic (exact) mass is 314 g/mol. The molecule has 0 fully saturated rings. The van der Waals surface area contributed by atoms with Gasteiger partial charge in [0.05, 0.1) is 19.8 Å². The average Bonchev–Trinajstić information content (AvgIpc) is 3.02. The molecule has 0 saturated carbocycles. The molecule has 0 unspecified atom stereocenters. The average molecular weight is 314 g/mol. The number of carbonyl (C=O) groups is 1. The number of hydrogen-bond acceptors (Lipinski definition) is 5. The zero-order chi connectivity index (χ0) is 16.7. The van der Waals surface area contributed by atoms with Gasteiger partial charge in [0.1, 0.15) is 11.5 Å². The van der Waals surface area contributed by atoms with E-state index in [9.17, 15) is 4.79 Å². The Bertz CT molecular complexity index is 735. The molecule has 1 amide bonds. The summed E-state index contributed by atoms with van der Waals surface area (Å²) in [4.78, 5) is 15.9. The number of aromatic amines is 1. The molecule has 7 nitrogen and oxygen atoms in total. The summed E-state index contributed by atoms with van der Waals surface area (Å²) >= 11 is 0. The molecule has 1 aromatic carbocycles. The Morgan fingerprint density at radius 1 is 1.26 bits per heavy atom. The molecule has 0 atom stereocenters. The number of methoxy groups -OCH3 is 2. The number of aromatic nitrogens is 3. The Morgan fingerprint density at radius 2 is 2.09 bits per heavy atom. The summed E-state index contributed by atoms with van der Waals surface area (Å²) in [6, 6.07) is 5.34. The number of ether oxygens (including phenoxy) is 2. The predicted molar refractivity (Wildman–Crippen MR) is 87.5 cm³/mol. The molecular weight excluding hydrogens is 296 g/mol. The number of nitrogens with one attached hydrogen (secondary N) is 2. The van der Waals surface area contributed by atoms with Gasteiger partial charge in [0, 0.05) is 12.1 Å². The zero-order valence-electron chi connectivity index (χ0n) is 13.2. The number of allylic oxidation sites excluding steroid dienone is 3. The fraction of sp³-hybridized carbons (Fsp3) is 0.188. The smallest absolute Gasteiger partial charge is 0.250 e. The Balaban J connectivity index is 2.17. The van der Waals surface area contributed by atoms with Crippen molar-refractivity contribution in [2.45, 2.75) is 6.92 Å². The molecule has 1 aromatic heterocycles. The number of anilines is 1. The van der Waals surface area contributed by atoms with Crippen molar-refractivity contribution in [3.63, 3.8) is 0 Å². The third-order valence-electron chi connectivity index (χ3n) is 2.94. The van der Waals surface area contributed by atoms with Crippen LogP contribution in [0.3, 0.4) is 0 Å². The molecule has 0 aliphatic carbocycles. The van der Waals surface area contributed by atoms with Gasteiger partial charge < -0.3 is 9.47 Å². The maximum absolute atomic E-state index is 11.7. The highest BCUT2D eigenvalue weighted by Gasteiger charge is 2.12. The van der Waals surface area contributed by atoms with Gasteiger partial charge in [0.2, 0.25) is 5.95 Å². The molecule has 2 N–H and O–H groups in total. The lowest BCUT2D eigenvalue weighted by Gasteiger charge is -2.07. The van der Waals surface area contributed by atoms with E-state index in [0.717, 1.165) is 0 Å². The van der Waals surface area contributed by atoms with E-state index in [1.165, 1.54) is 6.08 Å². The van der Waals surface area contributed by atoms with E-state index in [4.69, 9.17) is 9.47 Å². The summed E-state index contributed by atoms with van der Waals surface area (Å²) in [5, 5.41) is 9.32. The fourth-order valence-electron chi connectivity index (χ4n) is 1.84. The lowest BCUT2D eigenvalue weighted by atomic mass is 10.2. The minimum absolute atomic E-state index is 0.188. The van der Waals surface area contributed by atoms with Crippen LogP contribution in [0.4, 0.5) is 5.95 Å². The third kappa shape index (κ3) is 4.19.